The SMILES string of the molecule is CC(CC(=O)NC1CCc2c(Br)cccc21)C1CCCNC1.Cl. The number of amides is 1. The molecule has 1 saturated heterocycles. The number of fused-ring (bicyclic) bond motifs is 1. The van der Waals surface area contributed by atoms with Crippen molar-refractivity contribution in [3.05, 3.63) is 33.8 Å². The summed E-state index contributed by atoms with van der Waals surface area (Å²) in [4.78, 5) is 12.4. The summed E-state index contributed by atoms with van der Waals surface area (Å²) in [5.41, 5.74) is 2.65. The van der Waals surface area contributed by atoms with Gasteiger partial charge in [0.25, 0.3) is 0 Å². The number of hydrogen-bond donors (Lipinski definition) is 2. The Morgan fingerprint density at radius 2 is 2.26 bits per heavy atom. The predicted molar refractivity (Wildman–Crippen MR) is 100.0 cm³/mol. The number of nitrogens with one attached hydrogen (secondary N) is 2. The summed E-state index contributed by atoms with van der Waals surface area (Å²) < 4.78 is 1.17. The van der Waals surface area contributed by atoms with Gasteiger partial charge in [-0.1, -0.05) is 35.0 Å². The van der Waals surface area contributed by atoms with E-state index < -0.39 is 0 Å². The van der Waals surface area contributed by atoms with E-state index in [2.05, 4.69) is 51.7 Å². The van der Waals surface area contributed by atoms with Crippen LogP contribution >= 0.6 is 28.3 Å². The molecule has 1 heterocycles. The Morgan fingerprint density at radius 1 is 1.43 bits per heavy atom. The first kappa shape index (κ1) is 18.8. The molecular formula is C18H26BrClN2O. The molecule has 2 N–H and O–H groups in total. The van der Waals surface area contributed by atoms with Gasteiger partial charge in [0.1, 0.15) is 0 Å². The minimum absolute atomic E-state index is 0. The van der Waals surface area contributed by atoms with Gasteiger partial charge in [0.05, 0.1) is 6.04 Å². The topological polar surface area (TPSA) is 41.1 Å². The summed E-state index contributed by atoms with van der Waals surface area (Å²) in [5, 5.41) is 6.70. The van der Waals surface area contributed by atoms with Gasteiger partial charge >= 0.3 is 0 Å². The highest BCUT2D eigenvalue weighted by Crippen LogP contribution is 2.35. The second-order valence-corrected chi connectivity index (χ2v) is 7.61. The lowest BCUT2D eigenvalue weighted by atomic mass is 9.85. The molecule has 23 heavy (non-hydrogen) atoms. The van der Waals surface area contributed by atoms with Crippen molar-refractivity contribution in [3.8, 4) is 0 Å². The monoisotopic (exact) mass is 400 g/mol. The molecule has 3 unspecified atom stereocenters. The second-order valence-electron chi connectivity index (χ2n) is 6.75. The first-order valence-electron chi connectivity index (χ1n) is 8.42. The molecule has 5 heteroatoms. The zero-order valence-corrected chi connectivity index (χ0v) is 16.0. The number of carbonyl (C=O) groups is 1. The van der Waals surface area contributed by atoms with Crippen LogP contribution in [0.25, 0.3) is 0 Å². The highest BCUT2D eigenvalue weighted by Gasteiger charge is 2.27. The van der Waals surface area contributed by atoms with Crippen LogP contribution in [-0.4, -0.2) is 19.0 Å². The maximum absolute atomic E-state index is 12.4. The Labute approximate surface area is 153 Å². The summed E-state index contributed by atoms with van der Waals surface area (Å²) in [6, 6.07) is 6.48. The number of carbonyl (C=O) groups excluding carboxylic acids is 1. The molecule has 0 aromatic heterocycles. The van der Waals surface area contributed by atoms with Crippen LogP contribution < -0.4 is 10.6 Å². The molecule has 0 radical (unpaired) electrons. The van der Waals surface area contributed by atoms with Gasteiger partial charge in [0.15, 0.2) is 0 Å². The maximum atomic E-state index is 12.4. The molecule has 3 atom stereocenters. The minimum Gasteiger partial charge on any atom is -0.349 e. The molecule has 3 rings (SSSR count). The first-order chi connectivity index (χ1) is 10.6. The Hall–Kier alpha value is -0.580. The van der Waals surface area contributed by atoms with E-state index in [0.717, 1.165) is 25.9 Å². The standard InChI is InChI=1S/C18H25BrN2O.ClH/c1-12(13-4-3-9-20-11-13)10-18(22)21-17-8-7-14-15(17)5-2-6-16(14)19;/h2,5-6,12-13,17,20H,3-4,7-11H2,1H3,(H,21,22);1H. The highest BCUT2D eigenvalue weighted by atomic mass is 79.9. The van der Waals surface area contributed by atoms with E-state index in [1.165, 1.54) is 28.4 Å². The molecule has 1 aromatic carbocycles. The van der Waals surface area contributed by atoms with Crippen LogP contribution in [0.4, 0.5) is 0 Å². The van der Waals surface area contributed by atoms with Crippen LogP contribution in [0.2, 0.25) is 0 Å². The Balaban J connectivity index is 0.00000192. The van der Waals surface area contributed by atoms with Gasteiger partial charge in [-0.15, -0.1) is 12.4 Å². The molecule has 1 fully saturated rings. The predicted octanol–water partition coefficient (Wildman–Crippen LogP) is 4.00. The number of rotatable bonds is 4. The fourth-order valence-corrected chi connectivity index (χ4v) is 4.42. The first-order valence-corrected chi connectivity index (χ1v) is 9.22. The summed E-state index contributed by atoms with van der Waals surface area (Å²) in [7, 11) is 0. The van der Waals surface area contributed by atoms with Crippen molar-refractivity contribution in [1.82, 2.24) is 10.6 Å². The van der Waals surface area contributed by atoms with Gasteiger partial charge < -0.3 is 10.6 Å². The van der Waals surface area contributed by atoms with E-state index >= 15 is 0 Å². The average molecular weight is 402 g/mol. The summed E-state index contributed by atoms with van der Waals surface area (Å²) >= 11 is 3.61. The number of benzene rings is 1. The molecule has 1 aliphatic heterocycles. The molecular weight excluding hydrogens is 376 g/mol. The summed E-state index contributed by atoms with van der Waals surface area (Å²) in [6.45, 7) is 4.41. The lowest BCUT2D eigenvalue weighted by Gasteiger charge is -2.28. The van der Waals surface area contributed by atoms with E-state index in [0.29, 0.717) is 18.3 Å². The molecule has 1 aliphatic carbocycles. The van der Waals surface area contributed by atoms with Crippen molar-refractivity contribution in [2.24, 2.45) is 11.8 Å². The highest BCUT2D eigenvalue weighted by molar-refractivity contribution is 9.10. The van der Waals surface area contributed by atoms with Crippen molar-refractivity contribution < 1.29 is 4.79 Å². The van der Waals surface area contributed by atoms with Crippen molar-refractivity contribution in [3.63, 3.8) is 0 Å². The molecule has 0 saturated carbocycles. The third-order valence-electron chi connectivity index (χ3n) is 5.20. The normalized spacial score (nSPS) is 24.4. The van der Waals surface area contributed by atoms with Crippen LogP contribution in [0.15, 0.2) is 22.7 Å². The van der Waals surface area contributed by atoms with Gasteiger partial charge in [-0.05, 0) is 67.8 Å². The Morgan fingerprint density at radius 3 is 3.00 bits per heavy atom. The lowest BCUT2D eigenvalue weighted by molar-refractivity contribution is -0.123. The summed E-state index contributed by atoms with van der Waals surface area (Å²) in [5.74, 6) is 1.30. The van der Waals surface area contributed by atoms with E-state index in [1.807, 2.05) is 0 Å². The van der Waals surface area contributed by atoms with Gasteiger partial charge in [-0.2, -0.15) is 0 Å². The van der Waals surface area contributed by atoms with Crippen molar-refractivity contribution in [1.29, 1.82) is 0 Å². The van der Waals surface area contributed by atoms with E-state index in [-0.39, 0.29) is 24.4 Å². The maximum Gasteiger partial charge on any atom is 0.220 e. The minimum atomic E-state index is 0. The summed E-state index contributed by atoms with van der Waals surface area (Å²) in [6.07, 6.45) is 5.19. The van der Waals surface area contributed by atoms with Crippen molar-refractivity contribution in [2.45, 2.75) is 45.1 Å². The average Bonchev–Trinajstić information content (AvgIpc) is 2.92. The zero-order chi connectivity index (χ0) is 15.5. The van der Waals surface area contributed by atoms with Crippen LogP contribution in [0.3, 0.4) is 0 Å². The molecule has 1 amide bonds. The smallest absolute Gasteiger partial charge is 0.220 e. The Bertz CT molecular complexity index is 546. The third-order valence-corrected chi connectivity index (χ3v) is 5.94. The quantitative estimate of drug-likeness (QED) is 0.800. The Kier molecular flexibility index (Phi) is 6.93. The lowest BCUT2D eigenvalue weighted by Crippen LogP contribution is -2.36. The van der Waals surface area contributed by atoms with E-state index in [9.17, 15) is 4.79 Å². The van der Waals surface area contributed by atoms with Gasteiger partial charge in [0, 0.05) is 10.9 Å². The van der Waals surface area contributed by atoms with Crippen molar-refractivity contribution >= 4 is 34.2 Å². The molecule has 0 bridgehead atoms. The van der Waals surface area contributed by atoms with Crippen LogP contribution in [0.5, 0.6) is 0 Å². The third kappa shape index (κ3) is 4.49. The molecule has 1 aromatic rings. The van der Waals surface area contributed by atoms with E-state index in [4.69, 9.17) is 0 Å². The van der Waals surface area contributed by atoms with Gasteiger partial charge in [0.2, 0.25) is 5.91 Å². The van der Waals surface area contributed by atoms with E-state index in [1.54, 1.807) is 0 Å². The largest absolute Gasteiger partial charge is 0.349 e. The molecule has 128 valence electrons. The second kappa shape index (κ2) is 8.50. The molecule has 0 spiro atoms. The number of hydrogen-bond acceptors (Lipinski definition) is 2. The molecule has 3 nitrogen and oxygen atoms in total. The number of piperidine rings is 1. The van der Waals surface area contributed by atoms with Crippen molar-refractivity contribution in [2.75, 3.05) is 13.1 Å². The van der Waals surface area contributed by atoms with Crippen LogP contribution in [0, 0.1) is 11.8 Å². The van der Waals surface area contributed by atoms with Crippen LogP contribution in [-0.2, 0) is 11.2 Å². The fraction of sp³-hybridized carbons (Fsp3) is 0.611. The van der Waals surface area contributed by atoms with Crippen LogP contribution in [0.1, 0.15) is 49.8 Å². The molecule has 2 aliphatic rings. The van der Waals surface area contributed by atoms with Gasteiger partial charge in [-0.25, -0.2) is 0 Å². The van der Waals surface area contributed by atoms with Gasteiger partial charge in [-0.3, -0.25) is 4.79 Å². The zero-order valence-electron chi connectivity index (χ0n) is 13.6. The number of halogens is 2. The fourth-order valence-electron chi connectivity index (χ4n) is 3.84.